The van der Waals surface area contributed by atoms with Crippen molar-refractivity contribution in [2.75, 3.05) is 5.43 Å². The minimum absolute atomic E-state index is 0.0567. The lowest BCUT2D eigenvalue weighted by Crippen LogP contribution is -2.02. The molecule has 0 saturated heterocycles. The number of thiophene rings is 1. The first-order valence-corrected chi connectivity index (χ1v) is 7.82. The molecule has 2 heterocycles. The van der Waals surface area contributed by atoms with E-state index in [1.807, 2.05) is 13.8 Å². The molecule has 3 aromatic rings. The predicted molar refractivity (Wildman–Crippen MR) is 92.5 cm³/mol. The molecule has 0 atom stereocenters. The van der Waals surface area contributed by atoms with E-state index in [2.05, 4.69) is 20.5 Å². The van der Waals surface area contributed by atoms with Gasteiger partial charge >= 0.3 is 0 Å². The quantitative estimate of drug-likeness (QED) is 0.388. The fraction of sp³-hybridized carbons (Fsp3) is 0.188. The number of hydrogen-bond acceptors (Lipinski definition) is 7. The lowest BCUT2D eigenvalue weighted by Gasteiger charge is -2.07. The van der Waals surface area contributed by atoms with Crippen LogP contribution in [0.4, 0.5) is 5.82 Å². The van der Waals surface area contributed by atoms with Crippen LogP contribution in [-0.2, 0) is 0 Å². The zero-order valence-electron chi connectivity index (χ0n) is 13.0. The number of aromatic hydroxyl groups is 2. The third kappa shape index (κ3) is 2.83. The molecule has 1 aromatic carbocycles. The molecule has 0 radical (unpaired) electrons. The standard InChI is InChI=1S/C16H16N4O2S/c1-8-10(3)23-16-14(8)15(17-7-18-16)20-19-9(2)12-6-11(21)4-5-13(12)22/h4-7,21-22H,1-3H3,(H,17,18,20)/b19-9+. The van der Waals surface area contributed by atoms with Gasteiger partial charge in [0.2, 0.25) is 0 Å². The number of nitrogens with zero attached hydrogens (tertiary/aromatic N) is 3. The predicted octanol–water partition coefficient (Wildman–Crippen LogP) is 3.56. The van der Waals surface area contributed by atoms with Crippen LogP contribution in [-0.4, -0.2) is 25.9 Å². The molecule has 0 spiro atoms. The highest BCUT2D eigenvalue weighted by molar-refractivity contribution is 7.18. The maximum atomic E-state index is 9.88. The van der Waals surface area contributed by atoms with Gasteiger partial charge in [-0.15, -0.1) is 11.3 Å². The number of hydrazone groups is 1. The topological polar surface area (TPSA) is 90.6 Å². The van der Waals surface area contributed by atoms with Gasteiger partial charge in [0.15, 0.2) is 5.82 Å². The van der Waals surface area contributed by atoms with Gasteiger partial charge in [-0.2, -0.15) is 5.10 Å². The molecule has 118 valence electrons. The first kappa shape index (κ1) is 15.2. The summed E-state index contributed by atoms with van der Waals surface area (Å²) in [6, 6.07) is 4.31. The van der Waals surface area contributed by atoms with Gasteiger partial charge in [0.25, 0.3) is 0 Å². The Kier molecular flexibility index (Phi) is 3.87. The fourth-order valence-electron chi connectivity index (χ4n) is 2.28. The molecule has 0 aliphatic rings. The van der Waals surface area contributed by atoms with E-state index >= 15 is 0 Å². The van der Waals surface area contributed by atoms with E-state index < -0.39 is 0 Å². The summed E-state index contributed by atoms with van der Waals surface area (Å²) in [4.78, 5) is 10.6. The molecule has 3 rings (SSSR count). The Balaban J connectivity index is 1.98. The maximum absolute atomic E-state index is 9.88. The third-order valence-corrected chi connectivity index (χ3v) is 4.78. The van der Waals surface area contributed by atoms with E-state index in [0.717, 1.165) is 15.8 Å². The second-order valence-electron chi connectivity index (χ2n) is 5.20. The number of rotatable bonds is 3. The largest absolute Gasteiger partial charge is 0.508 e. The summed E-state index contributed by atoms with van der Waals surface area (Å²) in [6.07, 6.45) is 1.50. The molecule has 0 unspecified atom stereocenters. The molecule has 0 saturated carbocycles. The first-order valence-electron chi connectivity index (χ1n) is 7.00. The molecule has 7 heteroatoms. The highest BCUT2D eigenvalue weighted by Gasteiger charge is 2.12. The maximum Gasteiger partial charge on any atom is 0.158 e. The molecule has 0 fully saturated rings. The van der Waals surface area contributed by atoms with E-state index in [0.29, 0.717) is 17.1 Å². The Morgan fingerprint density at radius 1 is 1.22 bits per heavy atom. The summed E-state index contributed by atoms with van der Waals surface area (Å²) in [5.74, 6) is 0.748. The Morgan fingerprint density at radius 3 is 2.78 bits per heavy atom. The van der Waals surface area contributed by atoms with Gasteiger partial charge in [-0.25, -0.2) is 9.97 Å². The minimum atomic E-state index is 0.0567. The highest BCUT2D eigenvalue weighted by atomic mass is 32.1. The number of nitrogens with one attached hydrogen (secondary N) is 1. The van der Waals surface area contributed by atoms with Crippen molar-refractivity contribution >= 4 is 33.1 Å². The van der Waals surface area contributed by atoms with E-state index in [-0.39, 0.29) is 11.5 Å². The Hall–Kier alpha value is -2.67. The summed E-state index contributed by atoms with van der Waals surface area (Å²) in [5.41, 5.74) is 5.06. The highest BCUT2D eigenvalue weighted by Crippen LogP contribution is 2.32. The van der Waals surface area contributed by atoms with Crippen molar-refractivity contribution in [1.29, 1.82) is 0 Å². The summed E-state index contributed by atoms with van der Waals surface area (Å²) in [6.45, 7) is 5.82. The molecule has 2 aromatic heterocycles. The van der Waals surface area contributed by atoms with E-state index in [4.69, 9.17) is 0 Å². The van der Waals surface area contributed by atoms with Crippen molar-refractivity contribution in [2.45, 2.75) is 20.8 Å². The van der Waals surface area contributed by atoms with Crippen LogP contribution >= 0.6 is 11.3 Å². The van der Waals surface area contributed by atoms with E-state index in [9.17, 15) is 10.2 Å². The third-order valence-electron chi connectivity index (χ3n) is 3.66. The molecule has 0 aliphatic heterocycles. The van der Waals surface area contributed by atoms with Gasteiger partial charge in [0.1, 0.15) is 22.7 Å². The molecular weight excluding hydrogens is 312 g/mol. The number of hydrogen-bond donors (Lipinski definition) is 3. The van der Waals surface area contributed by atoms with Crippen LogP contribution in [0.5, 0.6) is 11.5 Å². The molecule has 6 nitrogen and oxygen atoms in total. The SMILES string of the molecule is C/C(=N\Nc1ncnc2sc(C)c(C)c12)c1cc(O)ccc1O. The number of aryl methyl sites for hydroxylation is 2. The molecule has 0 aliphatic carbocycles. The molecule has 0 amide bonds. The Bertz CT molecular complexity index is 918. The van der Waals surface area contributed by atoms with Gasteiger partial charge in [0, 0.05) is 10.4 Å². The zero-order valence-corrected chi connectivity index (χ0v) is 13.8. The number of phenols is 2. The average Bonchev–Trinajstić information content (AvgIpc) is 2.82. The van der Waals surface area contributed by atoms with Crippen LogP contribution in [0.1, 0.15) is 22.9 Å². The van der Waals surface area contributed by atoms with Crippen LogP contribution in [0.25, 0.3) is 10.2 Å². The second kappa shape index (κ2) is 5.85. The van der Waals surface area contributed by atoms with Gasteiger partial charge in [0.05, 0.1) is 11.1 Å². The van der Waals surface area contributed by atoms with Crippen molar-refractivity contribution in [2.24, 2.45) is 5.10 Å². The summed E-state index contributed by atoms with van der Waals surface area (Å²) < 4.78 is 0. The fourth-order valence-corrected chi connectivity index (χ4v) is 3.27. The van der Waals surface area contributed by atoms with Crippen molar-refractivity contribution in [3.63, 3.8) is 0 Å². The van der Waals surface area contributed by atoms with Crippen LogP contribution in [0, 0.1) is 13.8 Å². The summed E-state index contributed by atoms with van der Waals surface area (Å²) >= 11 is 1.62. The normalized spacial score (nSPS) is 11.9. The summed E-state index contributed by atoms with van der Waals surface area (Å²) in [5, 5.41) is 24.7. The van der Waals surface area contributed by atoms with Gasteiger partial charge in [-0.05, 0) is 44.5 Å². The van der Waals surface area contributed by atoms with Gasteiger partial charge in [-0.3, -0.25) is 5.43 Å². The number of anilines is 1. The number of fused-ring (bicyclic) bond motifs is 1. The summed E-state index contributed by atoms with van der Waals surface area (Å²) in [7, 11) is 0. The second-order valence-corrected chi connectivity index (χ2v) is 6.40. The van der Waals surface area contributed by atoms with Crippen molar-refractivity contribution in [1.82, 2.24) is 9.97 Å². The Labute approximate surface area is 137 Å². The van der Waals surface area contributed by atoms with Crippen LogP contribution in [0.2, 0.25) is 0 Å². The lowest BCUT2D eigenvalue weighted by atomic mass is 10.1. The molecule has 3 N–H and O–H groups in total. The van der Waals surface area contributed by atoms with Crippen LogP contribution in [0.15, 0.2) is 29.6 Å². The molecule has 0 bridgehead atoms. The van der Waals surface area contributed by atoms with E-state index in [1.165, 1.54) is 29.4 Å². The molecule has 23 heavy (non-hydrogen) atoms. The number of benzene rings is 1. The van der Waals surface area contributed by atoms with Crippen molar-refractivity contribution in [3.8, 4) is 11.5 Å². The zero-order chi connectivity index (χ0) is 16.6. The lowest BCUT2D eigenvalue weighted by molar-refractivity contribution is 0.459. The smallest absolute Gasteiger partial charge is 0.158 e. The average molecular weight is 328 g/mol. The van der Waals surface area contributed by atoms with Gasteiger partial charge < -0.3 is 10.2 Å². The van der Waals surface area contributed by atoms with Crippen molar-refractivity contribution < 1.29 is 10.2 Å². The number of phenolic OH excluding ortho intramolecular Hbond substituents is 2. The Morgan fingerprint density at radius 2 is 2.00 bits per heavy atom. The molecular formula is C16H16N4O2S. The first-order chi connectivity index (χ1) is 11.0. The minimum Gasteiger partial charge on any atom is -0.508 e. The van der Waals surface area contributed by atoms with Crippen molar-refractivity contribution in [3.05, 3.63) is 40.5 Å². The van der Waals surface area contributed by atoms with Crippen LogP contribution < -0.4 is 5.43 Å². The van der Waals surface area contributed by atoms with Crippen LogP contribution in [0.3, 0.4) is 0 Å². The van der Waals surface area contributed by atoms with E-state index in [1.54, 1.807) is 18.3 Å². The van der Waals surface area contributed by atoms with Gasteiger partial charge in [-0.1, -0.05) is 0 Å². The monoisotopic (exact) mass is 328 g/mol. The number of aromatic nitrogens is 2.